The molecule has 3 N–H and O–H groups in total. The van der Waals surface area contributed by atoms with Gasteiger partial charge in [-0.2, -0.15) is 0 Å². The molecule has 1 amide bonds. The minimum Gasteiger partial charge on any atom is -0.494 e. The predicted molar refractivity (Wildman–Crippen MR) is 137 cm³/mol. The predicted octanol–water partition coefficient (Wildman–Crippen LogP) is 4.85. The van der Waals surface area contributed by atoms with Gasteiger partial charge in [0.2, 0.25) is 0 Å². The van der Waals surface area contributed by atoms with Gasteiger partial charge in [-0.1, -0.05) is 41.4 Å². The van der Waals surface area contributed by atoms with Crippen molar-refractivity contribution in [3.8, 4) is 11.5 Å². The molecule has 2 atom stereocenters. The summed E-state index contributed by atoms with van der Waals surface area (Å²) in [5, 5.41) is 15.8. The van der Waals surface area contributed by atoms with Gasteiger partial charge >= 0.3 is 5.97 Å². The minimum absolute atomic E-state index is 0.0475. The van der Waals surface area contributed by atoms with Crippen LogP contribution in [0.25, 0.3) is 0 Å². The fraction of sp³-hybridized carbons (Fsp3) is 0.269. The molecular formula is C26H25Cl2N3O5. The molecule has 8 nitrogen and oxygen atoms in total. The SMILES string of the molecule is O=C(NC(Cc1ccc(OCCCC2COc3cccnc3N2)cc1)C(=O)O)c1c(Cl)cccc1Cl. The summed E-state index contributed by atoms with van der Waals surface area (Å²) in [4.78, 5) is 28.6. The summed E-state index contributed by atoms with van der Waals surface area (Å²) in [5.41, 5.74) is 0.779. The van der Waals surface area contributed by atoms with Crippen LogP contribution >= 0.6 is 23.2 Å². The maximum atomic E-state index is 12.6. The van der Waals surface area contributed by atoms with E-state index >= 15 is 0 Å². The third-order valence-corrected chi connectivity index (χ3v) is 6.30. The van der Waals surface area contributed by atoms with E-state index in [9.17, 15) is 14.7 Å². The Bertz CT molecular complexity index is 1200. The molecule has 0 spiro atoms. The highest BCUT2D eigenvalue weighted by atomic mass is 35.5. The largest absolute Gasteiger partial charge is 0.494 e. The quantitative estimate of drug-likeness (QED) is 0.322. The summed E-state index contributed by atoms with van der Waals surface area (Å²) in [7, 11) is 0. The van der Waals surface area contributed by atoms with Crippen molar-refractivity contribution in [2.45, 2.75) is 31.3 Å². The van der Waals surface area contributed by atoms with Crippen LogP contribution in [0.5, 0.6) is 11.5 Å². The Balaban J connectivity index is 1.24. The summed E-state index contributed by atoms with van der Waals surface area (Å²) in [6.07, 6.45) is 3.50. The van der Waals surface area contributed by atoms with E-state index in [2.05, 4.69) is 15.6 Å². The zero-order valence-corrected chi connectivity index (χ0v) is 20.8. The molecule has 0 bridgehead atoms. The monoisotopic (exact) mass is 529 g/mol. The highest BCUT2D eigenvalue weighted by Crippen LogP contribution is 2.27. The lowest BCUT2D eigenvalue weighted by atomic mass is 10.1. The zero-order valence-electron chi connectivity index (χ0n) is 19.2. The number of nitrogens with zero attached hydrogens (tertiary/aromatic N) is 1. The molecule has 1 aliphatic rings. The molecule has 36 heavy (non-hydrogen) atoms. The van der Waals surface area contributed by atoms with Gasteiger partial charge in [0.1, 0.15) is 18.4 Å². The number of ether oxygens (including phenoxy) is 2. The molecular weight excluding hydrogens is 505 g/mol. The van der Waals surface area contributed by atoms with Crippen molar-refractivity contribution in [3.63, 3.8) is 0 Å². The van der Waals surface area contributed by atoms with E-state index in [-0.39, 0.29) is 28.1 Å². The maximum Gasteiger partial charge on any atom is 0.326 e. The molecule has 3 aromatic rings. The molecule has 0 fully saturated rings. The average molecular weight is 530 g/mol. The number of carbonyl (C=O) groups excluding carboxylic acids is 1. The second-order valence-electron chi connectivity index (χ2n) is 8.30. The molecule has 0 radical (unpaired) electrons. The van der Waals surface area contributed by atoms with Gasteiger partial charge in [0.05, 0.1) is 28.3 Å². The molecule has 2 aromatic carbocycles. The molecule has 10 heteroatoms. The number of hydrogen-bond acceptors (Lipinski definition) is 6. The molecule has 2 heterocycles. The Kier molecular flexibility index (Phi) is 8.51. The molecule has 1 aliphatic heterocycles. The number of rotatable bonds is 10. The Labute approximate surface area is 218 Å². The number of hydrogen-bond donors (Lipinski definition) is 3. The van der Waals surface area contributed by atoms with Crippen molar-refractivity contribution in [2.24, 2.45) is 0 Å². The number of aliphatic carboxylic acids is 1. The number of anilines is 1. The van der Waals surface area contributed by atoms with Crippen LogP contribution in [0.2, 0.25) is 10.0 Å². The van der Waals surface area contributed by atoms with Crippen LogP contribution in [-0.2, 0) is 11.2 Å². The van der Waals surface area contributed by atoms with Crippen LogP contribution < -0.4 is 20.1 Å². The Morgan fingerprint density at radius 2 is 1.89 bits per heavy atom. The van der Waals surface area contributed by atoms with E-state index in [1.807, 2.05) is 12.1 Å². The first-order valence-corrected chi connectivity index (χ1v) is 12.2. The van der Waals surface area contributed by atoms with Crippen LogP contribution in [0.3, 0.4) is 0 Å². The van der Waals surface area contributed by atoms with E-state index < -0.39 is 17.9 Å². The van der Waals surface area contributed by atoms with Crippen LogP contribution in [0.15, 0.2) is 60.8 Å². The van der Waals surface area contributed by atoms with Crippen molar-refractivity contribution in [1.29, 1.82) is 0 Å². The van der Waals surface area contributed by atoms with E-state index in [0.29, 0.717) is 19.0 Å². The molecule has 1 aromatic heterocycles. The lowest BCUT2D eigenvalue weighted by Crippen LogP contribution is -2.42. The summed E-state index contributed by atoms with van der Waals surface area (Å²) in [6, 6.07) is 14.5. The number of fused-ring (bicyclic) bond motifs is 1. The van der Waals surface area contributed by atoms with Crippen molar-refractivity contribution in [3.05, 3.63) is 82.0 Å². The van der Waals surface area contributed by atoms with Crippen LogP contribution in [0.4, 0.5) is 5.82 Å². The molecule has 188 valence electrons. The summed E-state index contributed by atoms with van der Waals surface area (Å²) >= 11 is 12.1. The Morgan fingerprint density at radius 3 is 2.61 bits per heavy atom. The van der Waals surface area contributed by atoms with Gasteiger partial charge in [-0.25, -0.2) is 9.78 Å². The summed E-state index contributed by atoms with van der Waals surface area (Å²) in [6.45, 7) is 1.11. The number of aromatic nitrogens is 1. The first kappa shape index (κ1) is 25.6. The molecule has 0 aliphatic carbocycles. The van der Waals surface area contributed by atoms with Gasteiger partial charge in [-0.15, -0.1) is 0 Å². The van der Waals surface area contributed by atoms with Gasteiger partial charge in [0, 0.05) is 12.6 Å². The topological polar surface area (TPSA) is 110 Å². The number of carboxylic acid groups (broad SMARTS) is 1. The number of halogens is 2. The third-order valence-electron chi connectivity index (χ3n) is 5.67. The second-order valence-corrected chi connectivity index (χ2v) is 9.12. The Hall–Kier alpha value is -3.49. The average Bonchev–Trinajstić information content (AvgIpc) is 2.87. The normalized spacial score (nSPS) is 15.1. The first-order valence-electron chi connectivity index (χ1n) is 11.4. The first-order chi connectivity index (χ1) is 17.4. The van der Waals surface area contributed by atoms with E-state index in [4.69, 9.17) is 32.7 Å². The summed E-state index contributed by atoms with van der Waals surface area (Å²) < 4.78 is 11.5. The summed E-state index contributed by atoms with van der Waals surface area (Å²) in [5.74, 6) is 0.399. The molecule has 2 unspecified atom stereocenters. The Morgan fingerprint density at radius 1 is 1.14 bits per heavy atom. The van der Waals surface area contributed by atoms with E-state index in [1.54, 1.807) is 36.5 Å². The smallest absolute Gasteiger partial charge is 0.326 e. The van der Waals surface area contributed by atoms with Gasteiger partial charge < -0.3 is 25.2 Å². The third kappa shape index (κ3) is 6.59. The van der Waals surface area contributed by atoms with E-state index in [0.717, 1.165) is 30.0 Å². The lowest BCUT2D eigenvalue weighted by molar-refractivity contribution is -0.139. The second kappa shape index (κ2) is 12.0. The van der Waals surface area contributed by atoms with Gasteiger partial charge in [-0.05, 0) is 54.8 Å². The van der Waals surface area contributed by atoms with Crippen LogP contribution in [0.1, 0.15) is 28.8 Å². The van der Waals surface area contributed by atoms with Gasteiger partial charge in [0.25, 0.3) is 5.91 Å². The lowest BCUT2D eigenvalue weighted by Gasteiger charge is -2.26. The maximum absolute atomic E-state index is 12.6. The number of benzene rings is 2. The van der Waals surface area contributed by atoms with Crippen molar-refractivity contribution in [1.82, 2.24) is 10.3 Å². The van der Waals surface area contributed by atoms with Crippen molar-refractivity contribution in [2.75, 3.05) is 18.5 Å². The van der Waals surface area contributed by atoms with Crippen LogP contribution in [0, 0.1) is 0 Å². The minimum atomic E-state index is -1.16. The number of nitrogens with one attached hydrogen (secondary N) is 2. The number of carboxylic acids is 1. The highest BCUT2D eigenvalue weighted by molar-refractivity contribution is 6.39. The fourth-order valence-corrected chi connectivity index (χ4v) is 4.39. The van der Waals surface area contributed by atoms with Crippen molar-refractivity contribution < 1.29 is 24.2 Å². The highest BCUT2D eigenvalue weighted by Gasteiger charge is 2.24. The molecule has 0 saturated heterocycles. The van der Waals surface area contributed by atoms with E-state index in [1.165, 1.54) is 12.1 Å². The standard InChI is InChI=1S/C26H25Cl2N3O5/c27-19-5-1-6-20(28)23(19)25(32)31-21(26(33)34)14-16-8-10-18(11-9-16)35-13-3-4-17-15-36-22-7-2-12-29-24(22)30-17/h1-2,5-12,17,21H,3-4,13-15H2,(H,29,30)(H,31,32)(H,33,34). The van der Waals surface area contributed by atoms with Gasteiger partial charge in [0.15, 0.2) is 11.6 Å². The van der Waals surface area contributed by atoms with Gasteiger partial charge in [-0.3, -0.25) is 4.79 Å². The zero-order chi connectivity index (χ0) is 25.5. The fourth-order valence-electron chi connectivity index (χ4n) is 3.82. The number of carbonyl (C=O) groups is 2. The molecule has 0 saturated carbocycles. The number of pyridine rings is 1. The van der Waals surface area contributed by atoms with Crippen LogP contribution in [-0.4, -0.2) is 47.3 Å². The number of amides is 1. The van der Waals surface area contributed by atoms with Crippen molar-refractivity contribution >= 4 is 40.9 Å². The molecule has 4 rings (SSSR count).